The number of ether oxygens (including phenoxy) is 1. The van der Waals surface area contributed by atoms with Crippen LogP contribution in [0.3, 0.4) is 0 Å². The molecular weight excluding hydrogens is 451 g/mol. The quantitative estimate of drug-likeness (QED) is 0.587. The molecule has 184 valence electrons. The number of urea groups is 1. The molecule has 1 aromatic carbocycles. The normalized spacial score (nSPS) is 19.2. The first-order valence-corrected chi connectivity index (χ1v) is 11.2. The van der Waals surface area contributed by atoms with E-state index in [4.69, 9.17) is 4.74 Å². The summed E-state index contributed by atoms with van der Waals surface area (Å²) in [6.07, 6.45) is -2.17. The van der Waals surface area contributed by atoms with Crippen LogP contribution in [-0.4, -0.2) is 73.4 Å². The number of hydrogen-bond donors (Lipinski definition) is 3. The smallest absolute Gasteiger partial charge is 0.379 e. The van der Waals surface area contributed by atoms with Gasteiger partial charge in [-0.1, -0.05) is 6.07 Å². The number of benzene rings is 1. The third kappa shape index (κ3) is 6.06. The molecule has 34 heavy (non-hydrogen) atoms. The maximum atomic E-state index is 13.7. The SMILES string of the molecule is CNc1nccc(N2CC[C@H](NC(=O)Nc3ccc(CN4CCOCC4)c(C(F)(F)F)c3)C2)n1. The summed E-state index contributed by atoms with van der Waals surface area (Å²) in [7, 11) is 1.73. The van der Waals surface area contributed by atoms with Crippen molar-refractivity contribution in [3.8, 4) is 0 Å². The van der Waals surface area contributed by atoms with Crippen molar-refractivity contribution in [2.45, 2.75) is 25.2 Å². The Labute approximate surface area is 195 Å². The van der Waals surface area contributed by atoms with Crippen LogP contribution in [0.1, 0.15) is 17.5 Å². The van der Waals surface area contributed by atoms with E-state index < -0.39 is 17.8 Å². The van der Waals surface area contributed by atoms with Gasteiger partial charge in [-0.3, -0.25) is 4.90 Å². The maximum Gasteiger partial charge on any atom is 0.416 e. The Balaban J connectivity index is 1.36. The molecule has 0 bridgehead atoms. The Morgan fingerprint density at radius 2 is 2.00 bits per heavy atom. The minimum absolute atomic E-state index is 0.0971. The molecule has 3 N–H and O–H groups in total. The van der Waals surface area contributed by atoms with Crippen molar-refractivity contribution in [2.75, 3.05) is 62.0 Å². The highest BCUT2D eigenvalue weighted by Crippen LogP contribution is 2.34. The fourth-order valence-electron chi connectivity index (χ4n) is 4.14. The molecule has 12 heteroatoms. The number of anilines is 3. The van der Waals surface area contributed by atoms with Crippen molar-refractivity contribution in [3.63, 3.8) is 0 Å². The molecule has 2 aliphatic heterocycles. The first-order chi connectivity index (χ1) is 16.3. The van der Waals surface area contributed by atoms with Crippen molar-refractivity contribution in [1.82, 2.24) is 20.2 Å². The number of carbonyl (C=O) groups is 1. The second-order valence-corrected chi connectivity index (χ2v) is 8.28. The van der Waals surface area contributed by atoms with Gasteiger partial charge in [0.25, 0.3) is 0 Å². The molecule has 0 unspecified atom stereocenters. The second-order valence-electron chi connectivity index (χ2n) is 8.28. The van der Waals surface area contributed by atoms with Gasteiger partial charge in [0.1, 0.15) is 5.82 Å². The summed E-state index contributed by atoms with van der Waals surface area (Å²) in [5, 5.41) is 8.27. The molecule has 1 aromatic heterocycles. The predicted molar refractivity (Wildman–Crippen MR) is 122 cm³/mol. The Kier molecular flexibility index (Phi) is 7.37. The number of rotatable bonds is 6. The number of nitrogens with zero attached hydrogens (tertiary/aromatic N) is 4. The van der Waals surface area contributed by atoms with Gasteiger partial charge in [-0.15, -0.1) is 0 Å². The van der Waals surface area contributed by atoms with Crippen LogP contribution in [0.15, 0.2) is 30.5 Å². The predicted octanol–water partition coefficient (Wildman–Crippen LogP) is 2.77. The molecule has 9 nitrogen and oxygen atoms in total. The van der Waals surface area contributed by atoms with Crippen LogP contribution in [-0.2, 0) is 17.5 Å². The summed E-state index contributed by atoms with van der Waals surface area (Å²) in [6, 6.07) is 5.03. The summed E-state index contributed by atoms with van der Waals surface area (Å²) >= 11 is 0. The number of aromatic nitrogens is 2. The third-order valence-electron chi connectivity index (χ3n) is 5.88. The first-order valence-electron chi connectivity index (χ1n) is 11.2. The maximum absolute atomic E-state index is 13.7. The summed E-state index contributed by atoms with van der Waals surface area (Å²) in [4.78, 5) is 24.9. The zero-order valence-corrected chi connectivity index (χ0v) is 18.9. The zero-order chi connectivity index (χ0) is 24.1. The molecule has 0 aliphatic carbocycles. The minimum Gasteiger partial charge on any atom is -0.379 e. The fraction of sp³-hybridized carbons (Fsp3) is 0.500. The molecule has 3 heterocycles. The Bertz CT molecular complexity index is 999. The van der Waals surface area contributed by atoms with Crippen LogP contribution in [0.25, 0.3) is 0 Å². The van der Waals surface area contributed by atoms with E-state index in [-0.39, 0.29) is 23.8 Å². The highest BCUT2D eigenvalue weighted by Gasteiger charge is 2.34. The van der Waals surface area contributed by atoms with Crippen LogP contribution in [0.5, 0.6) is 0 Å². The standard InChI is InChI=1S/C22H28F3N7O2/c1-26-20-27-6-4-19(30-20)32-7-5-17(14-32)29-21(33)28-16-3-2-15(18(12-16)22(23,24)25)13-31-8-10-34-11-9-31/h2-4,6,12,17H,5,7-11,13-14H2,1H3,(H,26,27,30)(H2,28,29,33)/t17-/m0/s1. The number of alkyl halides is 3. The topological polar surface area (TPSA) is 94.7 Å². The van der Waals surface area contributed by atoms with Gasteiger partial charge in [0.2, 0.25) is 5.95 Å². The lowest BCUT2D eigenvalue weighted by Gasteiger charge is -2.28. The van der Waals surface area contributed by atoms with E-state index in [0.717, 1.165) is 11.9 Å². The summed E-state index contributed by atoms with van der Waals surface area (Å²) in [6.45, 7) is 3.61. The van der Waals surface area contributed by atoms with Gasteiger partial charge in [-0.25, -0.2) is 9.78 Å². The molecule has 0 spiro atoms. The Morgan fingerprint density at radius 1 is 1.21 bits per heavy atom. The summed E-state index contributed by atoms with van der Waals surface area (Å²) < 4.78 is 46.4. The lowest BCUT2D eigenvalue weighted by molar-refractivity contribution is -0.138. The van der Waals surface area contributed by atoms with Gasteiger partial charge in [-0.2, -0.15) is 18.2 Å². The number of amides is 2. The number of nitrogens with one attached hydrogen (secondary N) is 3. The van der Waals surface area contributed by atoms with Gasteiger partial charge >= 0.3 is 12.2 Å². The summed E-state index contributed by atoms with van der Waals surface area (Å²) in [5.74, 6) is 1.25. The molecule has 2 aliphatic rings. The van der Waals surface area contributed by atoms with E-state index >= 15 is 0 Å². The van der Waals surface area contributed by atoms with Gasteiger partial charge in [-0.05, 0) is 30.2 Å². The molecule has 0 saturated carbocycles. The van der Waals surface area contributed by atoms with Crippen molar-refractivity contribution in [1.29, 1.82) is 0 Å². The number of halogens is 3. The molecule has 2 fully saturated rings. The van der Waals surface area contributed by atoms with Crippen molar-refractivity contribution >= 4 is 23.5 Å². The van der Waals surface area contributed by atoms with E-state index in [9.17, 15) is 18.0 Å². The van der Waals surface area contributed by atoms with Crippen LogP contribution in [0.2, 0.25) is 0 Å². The van der Waals surface area contributed by atoms with E-state index in [1.54, 1.807) is 19.3 Å². The molecule has 2 saturated heterocycles. The van der Waals surface area contributed by atoms with E-state index in [1.807, 2.05) is 9.80 Å². The van der Waals surface area contributed by atoms with Crippen LogP contribution >= 0.6 is 0 Å². The van der Waals surface area contributed by atoms with Crippen LogP contribution in [0, 0.1) is 0 Å². The minimum atomic E-state index is -4.52. The van der Waals surface area contributed by atoms with Crippen molar-refractivity contribution in [3.05, 3.63) is 41.6 Å². The second kappa shape index (κ2) is 10.4. The van der Waals surface area contributed by atoms with Crippen LogP contribution < -0.4 is 20.9 Å². The van der Waals surface area contributed by atoms with Gasteiger partial charge < -0.3 is 25.6 Å². The van der Waals surface area contributed by atoms with Gasteiger partial charge in [0.05, 0.1) is 18.8 Å². The molecule has 2 amide bonds. The fourth-order valence-corrected chi connectivity index (χ4v) is 4.14. The summed E-state index contributed by atoms with van der Waals surface area (Å²) in [5.41, 5.74) is -0.467. The molecule has 2 aromatic rings. The Morgan fingerprint density at radius 3 is 2.74 bits per heavy atom. The highest BCUT2D eigenvalue weighted by molar-refractivity contribution is 5.89. The van der Waals surface area contributed by atoms with E-state index in [2.05, 4.69) is 25.9 Å². The highest BCUT2D eigenvalue weighted by atomic mass is 19.4. The molecular formula is C22H28F3N7O2. The van der Waals surface area contributed by atoms with Crippen molar-refractivity contribution in [2.24, 2.45) is 0 Å². The average molecular weight is 480 g/mol. The monoisotopic (exact) mass is 479 g/mol. The largest absolute Gasteiger partial charge is 0.416 e. The molecule has 1 atom stereocenters. The van der Waals surface area contributed by atoms with Crippen LogP contribution in [0.4, 0.5) is 35.4 Å². The number of hydrogen-bond acceptors (Lipinski definition) is 7. The zero-order valence-electron chi connectivity index (χ0n) is 18.9. The van der Waals surface area contributed by atoms with E-state index in [1.165, 1.54) is 12.1 Å². The molecule has 0 radical (unpaired) electrons. The van der Waals surface area contributed by atoms with Gasteiger partial charge in [0, 0.05) is 57.7 Å². The lowest BCUT2D eigenvalue weighted by Crippen LogP contribution is -2.40. The first kappa shape index (κ1) is 24.0. The lowest BCUT2D eigenvalue weighted by atomic mass is 10.0. The van der Waals surface area contributed by atoms with Crippen molar-refractivity contribution < 1.29 is 22.7 Å². The Hall–Kier alpha value is -3.12. The average Bonchev–Trinajstić information content (AvgIpc) is 3.28. The van der Waals surface area contributed by atoms with Gasteiger partial charge in [0.15, 0.2) is 0 Å². The molecule has 4 rings (SSSR count). The third-order valence-corrected chi connectivity index (χ3v) is 5.88. The number of morpholine rings is 1. The van der Waals surface area contributed by atoms with E-state index in [0.29, 0.717) is 51.8 Å². The number of carbonyl (C=O) groups excluding carboxylic acids is 1.